The van der Waals surface area contributed by atoms with Gasteiger partial charge in [0.1, 0.15) is 0 Å². The standard InChI is InChI=1S/C9H9NOS/c1-12(11)7-9-5-3-2-4-8(9)6-10/h2-5H,7H2,1H3. The Labute approximate surface area is 74.3 Å². The number of nitrogens with zero attached hydrogens (tertiary/aromatic N) is 1. The van der Waals surface area contributed by atoms with Crippen LogP contribution in [0.2, 0.25) is 0 Å². The molecule has 0 aliphatic heterocycles. The first kappa shape index (κ1) is 8.95. The molecule has 1 aromatic carbocycles. The smallest absolute Gasteiger partial charge is 0.0994 e. The zero-order chi connectivity index (χ0) is 8.97. The van der Waals surface area contributed by atoms with Crippen LogP contribution in [0, 0.1) is 11.3 Å². The third kappa shape index (κ3) is 2.18. The van der Waals surface area contributed by atoms with Gasteiger partial charge in [0.25, 0.3) is 0 Å². The topological polar surface area (TPSA) is 40.9 Å². The molecule has 62 valence electrons. The van der Waals surface area contributed by atoms with Crippen LogP contribution in [0.1, 0.15) is 11.1 Å². The molecule has 0 amide bonds. The van der Waals surface area contributed by atoms with E-state index >= 15 is 0 Å². The van der Waals surface area contributed by atoms with Crippen molar-refractivity contribution in [2.45, 2.75) is 5.75 Å². The van der Waals surface area contributed by atoms with E-state index < -0.39 is 10.8 Å². The van der Waals surface area contributed by atoms with Crippen molar-refractivity contribution in [3.8, 4) is 6.07 Å². The summed E-state index contributed by atoms with van der Waals surface area (Å²) in [5, 5.41) is 8.68. The second kappa shape index (κ2) is 4.03. The van der Waals surface area contributed by atoms with E-state index in [1.165, 1.54) is 0 Å². The predicted molar refractivity (Wildman–Crippen MR) is 48.9 cm³/mol. The molecule has 0 radical (unpaired) electrons. The first-order valence-electron chi connectivity index (χ1n) is 3.52. The first-order chi connectivity index (χ1) is 5.74. The van der Waals surface area contributed by atoms with Crippen molar-refractivity contribution in [1.29, 1.82) is 5.26 Å². The molecular formula is C9H9NOS. The highest BCUT2D eigenvalue weighted by Gasteiger charge is 2.01. The van der Waals surface area contributed by atoms with Crippen LogP contribution in [0.5, 0.6) is 0 Å². The van der Waals surface area contributed by atoms with Crippen LogP contribution >= 0.6 is 0 Å². The second-order valence-electron chi connectivity index (χ2n) is 2.49. The molecular weight excluding hydrogens is 170 g/mol. The Morgan fingerprint density at radius 1 is 1.50 bits per heavy atom. The van der Waals surface area contributed by atoms with Crippen LogP contribution in [-0.4, -0.2) is 10.5 Å². The fraction of sp³-hybridized carbons (Fsp3) is 0.222. The number of nitriles is 1. The van der Waals surface area contributed by atoms with E-state index in [0.29, 0.717) is 11.3 Å². The van der Waals surface area contributed by atoms with Crippen molar-refractivity contribution in [3.05, 3.63) is 35.4 Å². The minimum absolute atomic E-state index is 0.462. The predicted octanol–water partition coefficient (Wildman–Crippen LogP) is 1.44. The fourth-order valence-electron chi connectivity index (χ4n) is 0.974. The van der Waals surface area contributed by atoms with Crippen molar-refractivity contribution in [2.24, 2.45) is 0 Å². The van der Waals surface area contributed by atoms with E-state index in [9.17, 15) is 4.21 Å². The van der Waals surface area contributed by atoms with Crippen LogP contribution in [-0.2, 0) is 16.6 Å². The summed E-state index contributed by atoms with van der Waals surface area (Å²) in [7, 11) is -0.880. The summed E-state index contributed by atoms with van der Waals surface area (Å²) >= 11 is 0. The second-order valence-corrected chi connectivity index (χ2v) is 3.92. The summed E-state index contributed by atoms with van der Waals surface area (Å²) in [6.07, 6.45) is 1.63. The molecule has 1 unspecified atom stereocenters. The zero-order valence-corrected chi connectivity index (χ0v) is 7.60. The summed E-state index contributed by atoms with van der Waals surface area (Å²) in [5.41, 5.74) is 1.48. The maximum Gasteiger partial charge on any atom is 0.0994 e. The molecule has 1 rings (SSSR count). The molecule has 0 saturated carbocycles. The Hall–Kier alpha value is -1.14. The molecule has 0 aliphatic rings. The van der Waals surface area contributed by atoms with Gasteiger partial charge in [0.15, 0.2) is 0 Å². The van der Waals surface area contributed by atoms with Gasteiger partial charge in [0, 0.05) is 22.8 Å². The molecule has 0 aromatic heterocycles. The van der Waals surface area contributed by atoms with Gasteiger partial charge in [-0.3, -0.25) is 4.21 Å². The third-order valence-electron chi connectivity index (χ3n) is 1.50. The van der Waals surface area contributed by atoms with Gasteiger partial charge in [-0.15, -0.1) is 0 Å². The molecule has 2 nitrogen and oxygen atoms in total. The molecule has 0 N–H and O–H groups in total. The number of hydrogen-bond donors (Lipinski definition) is 0. The van der Waals surface area contributed by atoms with Crippen LogP contribution < -0.4 is 0 Å². The Balaban J connectivity index is 2.99. The molecule has 0 aliphatic carbocycles. The average molecular weight is 179 g/mol. The van der Waals surface area contributed by atoms with E-state index in [-0.39, 0.29) is 0 Å². The lowest BCUT2D eigenvalue weighted by Crippen LogP contribution is -1.94. The largest absolute Gasteiger partial charge is 0.260 e. The van der Waals surface area contributed by atoms with Crippen molar-refractivity contribution in [2.75, 3.05) is 6.26 Å². The molecule has 12 heavy (non-hydrogen) atoms. The molecule has 0 fully saturated rings. The lowest BCUT2D eigenvalue weighted by molar-refractivity contribution is 0.686. The zero-order valence-electron chi connectivity index (χ0n) is 6.78. The Morgan fingerprint density at radius 3 is 2.75 bits per heavy atom. The Morgan fingerprint density at radius 2 is 2.17 bits per heavy atom. The summed E-state index contributed by atoms with van der Waals surface area (Å²) in [5.74, 6) is 0.462. The maximum absolute atomic E-state index is 10.9. The summed E-state index contributed by atoms with van der Waals surface area (Å²) in [6.45, 7) is 0. The van der Waals surface area contributed by atoms with Crippen LogP contribution in [0.25, 0.3) is 0 Å². The molecule has 1 atom stereocenters. The highest BCUT2D eigenvalue weighted by Crippen LogP contribution is 2.08. The lowest BCUT2D eigenvalue weighted by Gasteiger charge is -1.99. The van der Waals surface area contributed by atoms with Crippen molar-refractivity contribution >= 4 is 10.8 Å². The van der Waals surface area contributed by atoms with Crippen molar-refractivity contribution in [3.63, 3.8) is 0 Å². The van der Waals surface area contributed by atoms with E-state index in [4.69, 9.17) is 5.26 Å². The van der Waals surface area contributed by atoms with Crippen molar-refractivity contribution < 1.29 is 4.21 Å². The fourth-order valence-corrected chi connectivity index (χ4v) is 1.66. The number of benzene rings is 1. The van der Waals surface area contributed by atoms with Gasteiger partial charge in [-0.25, -0.2) is 0 Å². The quantitative estimate of drug-likeness (QED) is 0.689. The van der Waals surface area contributed by atoms with E-state index in [1.807, 2.05) is 12.1 Å². The van der Waals surface area contributed by atoms with Gasteiger partial charge in [0.2, 0.25) is 0 Å². The van der Waals surface area contributed by atoms with Gasteiger partial charge < -0.3 is 0 Å². The normalized spacial score (nSPS) is 12.0. The molecule has 0 spiro atoms. The summed E-state index contributed by atoms with van der Waals surface area (Å²) < 4.78 is 10.9. The van der Waals surface area contributed by atoms with Gasteiger partial charge in [-0.2, -0.15) is 5.26 Å². The van der Waals surface area contributed by atoms with Crippen molar-refractivity contribution in [1.82, 2.24) is 0 Å². The first-order valence-corrected chi connectivity index (χ1v) is 5.25. The molecule has 0 bridgehead atoms. The highest BCUT2D eigenvalue weighted by molar-refractivity contribution is 7.83. The number of rotatable bonds is 2. The summed E-state index contributed by atoms with van der Waals surface area (Å²) in [4.78, 5) is 0. The molecule has 3 heteroatoms. The Bertz CT molecular complexity index is 341. The Kier molecular flexibility index (Phi) is 3.01. The van der Waals surface area contributed by atoms with Gasteiger partial charge in [-0.05, 0) is 11.6 Å². The minimum atomic E-state index is -0.880. The molecule has 0 saturated heterocycles. The minimum Gasteiger partial charge on any atom is -0.260 e. The molecule has 0 heterocycles. The number of hydrogen-bond acceptors (Lipinski definition) is 2. The van der Waals surface area contributed by atoms with E-state index in [2.05, 4.69) is 6.07 Å². The van der Waals surface area contributed by atoms with Gasteiger partial charge in [0.05, 0.1) is 11.6 Å². The van der Waals surface area contributed by atoms with Gasteiger partial charge in [-0.1, -0.05) is 18.2 Å². The average Bonchev–Trinajstić information content (AvgIpc) is 2.04. The third-order valence-corrected chi connectivity index (χ3v) is 2.21. The van der Waals surface area contributed by atoms with E-state index in [0.717, 1.165) is 5.56 Å². The monoisotopic (exact) mass is 179 g/mol. The van der Waals surface area contributed by atoms with Crippen LogP contribution in [0.4, 0.5) is 0 Å². The lowest BCUT2D eigenvalue weighted by atomic mass is 10.1. The summed E-state index contributed by atoms with van der Waals surface area (Å²) in [6, 6.07) is 9.29. The van der Waals surface area contributed by atoms with Crippen LogP contribution in [0.3, 0.4) is 0 Å². The van der Waals surface area contributed by atoms with E-state index in [1.54, 1.807) is 18.4 Å². The maximum atomic E-state index is 10.9. The molecule has 1 aromatic rings. The SMILES string of the molecule is CS(=O)Cc1ccccc1C#N. The van der Waals surface area contributed by atoms with Crippen LogP contribution in [0.15, 0.2) is 24.3 Å². The van der Waals surface area contributed by atoms with Gasteiger partial charge >= 0.3 is 0 Å². The highest BCUT2D eigenvalue weighted by atomic mass is 32.2.